The molecule has 104 valence electrons. The molecule has 0 atom stereocenters. The molecule has 0 aromatic carbocycles. The molecule has 2 rings (SSSR count). The van der Waals surface area contributed by atoms with Crippen molar-refractivity contribution in [1.82, 2.24) is 9.71 Å². The van der Waals surface area contributed by atoms with Gasteiger partial charge in [0.05, 0.1) is 11.2 Å². The number of pyridine rings is 1. The average Bonchev–Trinajstić information content (AvgIpc) is 2.34. The Hall–Kier alpha value is -1.51. The number of aromatic carboxylic acids is 1. The second kappa shape index (κ2) is 4.87. The van der Waals surface area contributed by atoms with Gasteiger partial charge in [0.15, 0.2) is 5.03 Å². The molecule has 19 heavy (non-hydrogen) atoms. The second-order valence-electron chi connectivity index (χ2n) is 4.59. The summed E-state index contributed by atoms with van der Waals surface area (Å²) in [7, 11) is -3.83. The van der Waals surface area contributed by atoms with Crippen LogP contribution in [0.5, 0.6) is 0 Å². The first-order valence-corrected chi connectivity index (χ1v) is 7.22. The summed E-state index contributed by atoms with van der Waals surface area (Å²) in [5.41, 5.74) is -1.05. The molecule has 0 unspecified atom stereocenters. The number of carbonyl (C=O) groups is 1. The highest BCUT2D eigenvalue weighted by atomic mass is 32.2. The van der Waals surface area contributed by atoms with Crippen LogP contribution in [-0.2, 0) is 10.0 Å². The van der Waals surface area contributed by atoms with Crippen LogP contribution in [0.1, 0.15) is 29.6 Å². The molecule has 0 radical (unpaired) electrons. The molecule has 1 heterocycles. The molecule has 0 amide bonds. The Bertz CT molecular complexity index is 578. The molecule has 1 fully saturated rings. The van der Waals surface area contributed by atoms with Gasteiger partial charge in [-0.2, -0.15) is 0 Å². The normalized spacial score (nSPS) is 17.7. The summed E-state index contributed by atoms with van der Waals surface area (Å²) in [5, 5.41) is 18.2. The third-order valence-electron chi connectivity index (χ3n) is 3.13. The van der Waals surface area contributed by atoms with Gasteiger partial charge >= 0.3 is 5.97 Å². The zero-order valence-corrected chi connectivity index (χ0v) is 10.9. The summed E-state index contributed by atoms with van der Waals surface area (Å²) in [6.45, 7) is -0.0578. The SMILES string of the molecule is O=C(O)c1ccc(S(=O)(=O)NCC2(O)CCC2)nc1. The van der Waals surface area contributed by atoms with E-state index < -0.39 is 21.6 Å². The van der Waals surface area contributed by atoms with E-state index in [0.717, 1.165) is 18.7 Å². The predicted molar refractivity (Wildman–Crippen MR) is 65.2 cm³/mol. The van der Waals surface area contributed by atoms with Gasteiger partial charge < -0.3 is 10.2 Å². The average molecular weight is 286 g/mol. The summed E-state index contributed by atoms with van der Waals surface area (Å²) in [6.07, 6.45) is 3.00. The van der Waals surface area contributed by atoms with Gasteiger partial charge in [0.2, 0.25) is 0 Å². The van der Waals surface area contributed by atoms with E-state index in [4.69, 9.17) is 5.11 Å². The number of aliphatic hydroxyl groups is 1. The molecule has 0 spiro atoms. The highest BCUT2D eigenvalue weighted by Crippen LogP contribution is 2.30. The lowest BCUT2D eigenvalue weighted by Crippen LogP contribution is -2.47. The van der Waals surface area contributed by atoms with Crippen LogP contribution in [0.25, 0.3) is 0 Å². The molecular formula is C11H14N2O5S. The highest BCUT2D eigenvalue weighted by Gasteiger charge is 2.35. The van der Waals surface area contributed by atoms with E-state index in [0.29, 0.717) is 12.8 Å². The number of hydrogen-bond acceptors (Lipinski definition) is 5. The Labute approximate surface area is 110 Å². The molecule has 3 N–H and O–H groups in total. The standard InChI is InChI=1S/C11H14N2O5S/c14-10(15)8-2-3-9(12-6-8)19(17,18)13-7-11(16)4-1-5-11/h2-3,6,13,16H,1,4-5,7H2,(H,14,15). The number of nitrogens with one attached hydrogen (secondary N) is 1. The van der Waals surface area contributed by atoms with Crippen molar-refractivity contribution >= 4 is 16.0 Å². The van der Waals surface area contributed by atoms with Gasteiger partial charge in [0.25, 0.3) is 10.0 Å². The Morgan fingerprint density at radius 1 is 1.42 bits per heavy atom. The van der Waals surface area contributed by atoms with Gasteiger partial charge in [-0.05, 0) is 31.4 Å². The van der Waals surface area contributed by atoms with E-state index in [-0.39, 0.29) is 17.1 Å². The van der Waals surface area contributed by atoms with Gasteiger partial charge in [0.1, 0.15) is 0 Å². The fourth-order valence-corrected chi connectivity index (χ4v) is 2.78. The van der Waals surface area contributed by atoms with Crippen molar-refractivity contribution in [3.8, 4) is 0 Å². The summed E-state index contributed by atoms with van der Waals surface area (Å²) in [6, 6.07) is 2.29. The topological polar surface area (TPSA) is 117 Å². The molecule has 0 aliphatic heterocycles. The van der Waals surface area contributed by atoms with Crippen molar-refractivity contribution in [3.05, 3.63) is 23.9 Å². The first-order chi connectivity index (χ1) is 8.82. The minimum absolute atomic E-state index is 0.0578. The molecule has 7 nitrogen and oxygen atoms in total. The molecule has 8 heteroatoms. The van der Waals surface area contributed by atoms with Crippen LogP contribution in [0, 0.1) is 0 Å². The minimum atomic E-state index is -3.83. The molecule has 0 saturated heterocycles. The number of sulfonamides is 1. The van der Waals surface area contributed by atoms with E-state index in [1.54, 1.807) is 0 Å². The summed E-state index contributed by atoms with van der Waals surface area (Å²) >= 11 is 0. The number of nitrogens with zero attached hydrogens (tertiary/aromatic N) is 1. The third kappa shape index (κ3) is 3.09. The van der Waals surface area contributed by atoms with Gasteiger partial charge in [0, 0.05) is 12.7 Å². The van der Waals surface area contributed by atoms with Crippen molar-refractivity contribution < 1.29 is 23.4 Å². The Balaban J connectivity index is 2.08. The molecule has 1 aliphatic carbocycles. The first-order valence-electron chi connectivity index (χ1n) is 5.74. The van der Waals surface area contributed by atoms with E-state index in [2.05, 4.69) is 9.71 Å². The van der Waals surface area contributed by atoms with Crippen LogP contribution < -0.4 is 4.72 Å². The maximum absolute atomic E-state index is 11.9. The molecule has 0 bridgehead atoms. The lowest BCUT2D eigenvalue weighted by molar-refractivity contribution is -0.0271. The van der Waals surface area contributed by atoms with Gasteiger partial charge in [-0.25, -0.2) is 22.9 Å². The third-order valence-corrected chi connectivity index (χ3v) is 4.45. The Kier molecular flexibility index (Phi) is 3.57. The Morgan fingerprint density at radius 3 is 2.53 bits per heavy atom. The van der Waals surface area contributed by atoms with Gasteiger partial charge in [-0.3, -0.25) is 0 Å². The monoisotopic (exact) mass is 286 g/mol. The maximum atomic E-state index is 11.9. The van der Waals surface area contributed by atoms with E-state index >= 15 is 0 Å². The van der Waals surface area contributed by atoms with E-state index in [9.17, 15) is 18.3 Å². The summed E-state index contributed by atoms with van der Waals surface area (Å²) in [4.78, 5) is 14.2. The zero-order valence-electron chi connectivity index (χ0n) is 10.0. The molecule has 1 saturated carbocycles. The van der Waals surface area contributed by atoms with E-state index in [1.807, 2.05) is 0 Å². The number of hydrogen-bond donors (Lipinski definition) is 3. The van der Waals surface area contributed by atoms with Crippen LogP contribution in [0.4, 0.5) is 0 Å². The maximum Gasteiger partial charge on any atom is 0.337 e. The summed E-state index contributed by atoms with van der Waals surface area (Å²) in [5.74, 6) is -1.17. The van der Waals surface area contributed by atoms with Crippen LogP contribution in [-0.4, -0.2) is 41.7 Å². The number of carboxylic acid groups (broad SMARTS) is 1. The van der Waals surface area contributed by atoms with Crippen LogP contribution >= 0.6 is 0 Å². The molecule has 1 aromatic heterocycles. The van der Waals surface area contributed by atoms with E-state index in [1.165, 1.54) is 6.07 Å². The minimum Gasteiger partial charge on any atom is -0.478 e. The highest BCUT2D eigenvalue weighted by molar-refractivity contribution is 7.89. The smallest absolute Gasteiger partial charge is 0.337 e. The van der Waals surface area contributed by atoms with Crippen molar-refractivity contribution in [1.29, 1.82) is 0 Å². The predicted octanol–water partition coefficient (Wildman–Crippen LogP) is -0.0269. The van der Waals surface area contributed by atoms with Gasteiger partial charge in [-0.15, -0.1) is 0 Å². The lowest BCUT2D eigenvalue weighted by Gasteiger charge is -2.36. The zero-order chi connectivity index (χ0) is 14.1. The number of carboxylic acids is 1. The van der Waals surface area contributed by atoms with Crippen molar-refractivity contribution in [3.63, 3.8) is 0 Å². The molecule has 1 aliphatic rings. The van der Waals surface area contributed by atoms with Crippen molar-refractivity contribution in [2.24, 2.45) is 0 Å². The quantitative estimate of drug-likeness (QED) is 0.700. The molecular weight excluding hydrogens is 272 g/mol. The fraction of sp³-hybridized carbons (Fsp3) is 0.455. The Morgan fingerprint density at radius 2 is 2.11 bits per heavy atom. The van der Waals surface area contributed by atoms with Crippen LogP contribution in [0.2, 0.25) is 0 Å². The summed E-state index contributed by atoms with van der Waals surface area (Å²) < 4.78 is 26.0. The number of aromatic nitrogens is 1. The first kappa shape index (κ1) is 13.9. The second-order valence-corrected chi connectivity index (χ2v) is 6.31. The van der Waals surface area contributed by atoms with Gasteiger partial charge in [-0.1, -0.05) is 0 Å². The lowest BCUT2D eigenvalue weighted by atomic mass is 9.81. The largest absolute Gasteiger partial charge is 0.478 e. The van der Waals surface area contributed by atoms with Crippen LogP contribution in [0.3, 0.4) is 0 Å². The fourth-order valence-electron chi connectivity index (χ4n) is 1.73. The van der Waals surface area contributed by atoms with Crippen LogP contribution in [0.15, 0.2) is 23.4 Å². The number of rotatable bonds is 5. The van der Waals surface area contributed by atoms with Crippen molar-refractivity contribution in [2.75, 3.05) is 6.54 Å². The van der Waals surface area contributed by atoms with Crippen molar-refractivity contribution in [2.45, 2.75) is 29.9 Å². The molecule has 1 aromatic rings.